The maximum Gasteiger partial charge on any atom is 0.328 e. The second-order valence-corrected chi connectivity index (χ2v) is 4.92. The van der Waals surface area contributed by atoms with Crippen molar-refractivity contribution in [3.8, 4) is 0 Å². The van der Waals surface area contributed by atoms with Crippen LogP contribution in [0.25, 0.3) is 0 Å². The first-order chi connectivity index (χ1) is 9.58. The molecule has 0 bridgehead atoms. The topological polar surface area (TPSA) is 67.4 Å². The minimum atomic E-state index is -0.751. The van der Waals surface area contributed by atoms with E-state index in [2.05, 4.69) is 15.4 Å². The van der Waals surface area contributed by atoms with Gasteiger partial charge in [0.15, 0.2) is 0 Å². The molecule has 1 aromatic rings. The van der Waals surface area contributed by atoms with Gasteiger partial charge in [-0.1, -0.05) is 12.1 Å². The molecule has 0 heterocycles. The van der Waals surface area contributed by atoms with Crippen molar-refractivity contribution in [2.24, 2.45) is 0 Å². The van der Waals surface area contributed by atoms with Crippen molar-refractivity contribution >= 4 is 29.4 Å². The molecule has 110 valence electrons. The number of hydrogen-bond donors (Lipinski definition) is 2. The summed E-state index contributed by atoms with van der Waals surface area (Å²) in [5, 5.41) is 4.83. The molecular formula is C13H17FN2O3S. The first kappa shape index (κ1) is 16.3. The highest BCUT2D eigenvalue weighted by Gasteiger charge is 2.21. The van der Waals surface area contributed by atoms with Gasteiger partial charge in [0.1, 0.15) is 11.9 Å². The van der Waals surface area contributed by atoms with E-state index in [-0.39, 0.29) is 5.69 Å². The molecule has 0 saturated heterocycles. The van der Waals surface area contributed by atoms with Crippen molar-refractivity contribution in [3.63, 3.8) is 0 Å². The second-order valence-electron chi connectivity index (χ2n) is 3.94. The summed E-state index contributed by atoms with van der Waals surface area (Å²) in [7, 11) is 1.25. The molecule has 0 fully saturated rings. The zero-order chi connectivity index (χ0) is 15.0. The number of rotatable bonds is 6. The average molecular weight is 300 g/mol. The first-order valence-electron chi connectivity index (χ1n) is 5.97. The van der Waals surface area contributed by atoms with Gasteiger partial charge in [-0.15, -0.1) is 0 Å². The van der Waals surface area contributed by atoms with Crippen LogP contribution in [0.5, 0.6) is 0 Å². The van der Waals surface area contributed by atoms with Gasteiger partial charge < -0.3 is 15.4 Å². The van der Waals surface area contributed by atoms with Crippen molar-refractivity contribution in [1.82, 2.24) is 5.32 Å². The largest absolute Gasteiger partial charge is 0.467 e. The summed E-state index contributed by atoms with van der Waals surface area (Å²) in [6.07, 6.45) is 2.34. The van der Waals surface area contributed by atoms with Crippen LogP contribution < -0.4 is 10.6 Å². The molecule has 2 amide bonds. The maximum absolute atomic E-state index is 13.4. The normalized spacial score (nSPS) is 11.6. The van der Waals surface area contributed by atoms with Gasteiger partial charge in [0.2, 0.25) is 0 Å². The summed E-state index contributed by atoms with van der Waals surface area (Å²) in [6.45, 7) is 0. The number of hydrogen-bond acceptors (Lipinski definition) is 4. The molecule has 0 aromatic heterocycles. The van der Waals surface area contributed by atoms with E-state index in [1.807, 2.05) is 6.26 Å². The number of ether oxygens (including phenoxy) is 1. The van der Waals surface area contributed by atoms with Gasteiger partial charge >= 0.3 is 12.0 Å². The Morgan fingerprint density at radius 3 is 2.70 bits per heavy atom. The van der Waals surface area contributed by atoms with Gasteiger partial charge in [-0.2, -0.15) is 11.8 Å². The third kappa shape index (κ3) is 5.08. The molecule has 2 N–H and O–H groups in total. The van der Waals surface area contributed by atoms with Crippen LogP contribution in [0.2, 0.25) is 0 Å². The van der Waals surface area contributed by atoms with Crippen LogP contribution in [-0.2, 0) is 9.53 Å². The monoisotopic (exact) mass is 300 g/mol. The summed E-state index contributed by atoms with van der Waals surface area (Å²) < 4.78 is 18.0. The molecule has 0 unspecified atom stereocenters. The van der Waals surface area contributed by atoms with Crippen LogP contribution in [0.4, 0.5) is 14.9 Å². The molecule has 1 atom stereocenters. The van der Waals surface area contributed by atoms with E-state index in [4.69, 9.17) is 0 Å². The SMILES string of the molecule is COC(=O)[C@@H](CCSC)NC(=O)Nc1ccccc1F. The minimum absolute atomic E-state index is 0.0542. The van der Waals surface area contributed by atoms with Crippen LogP contribution in [0, 0.1) is 5.82 Å². The summed E-state index contributed by atoms with van der Waals surface area (Å²) >= 11 is 1.55. The zero-order valence-electron chi connectivity index (χ0n) is 11.3. The molecule has 20 heavy (non-hydrogen) atoms. The van der Waals surface area contributed by atoms with Crippen LogP contribution in [0.1, 0.15) is 6.42 Å². The smallest absolute Gasteiger partial charge is 0.328 e. The lowest BCUT2D eigenvalue weighted by molar-refractivity contribution is -0.142. The van der Waals surface area contributed by atoms with Crippen LogP contribution in [-0.4, -0.2) is 37.2 Å². The molecule has 7 heteroatoms. The fourth-order valence-electron chi connectivity index (χ4n) is 1.51. The molecule has 0 radical (unpaired) electrons. The van der Waals surface area contributed by atoms with Crippen LogP contribution >= 0.6 is 11.8 Å². The predicted molar refractivity (Wildman–Crippen MR) is 77.4 cm³/mol. The van der Waals surface area contributed by atoms with Gasteiger partial charge in [-0.25, -0.2) is 14.0 Å². The summed E-state index contributed by atoms with van der Waals surface area (Å²) in [5.74, 6) is -0.371. The van der Waals surface area contributed by atoms with Crippen molar-refractivity contribution in [3.05, 3.63) is 30.1 Å². The third-order valence-corrected chi connectivity index (χ3v) is 3.17. The number of carbonyl (C=O) groups excluding carboxylic acids is 2. The summed E-state index contributed by atoms with van der Waals surface area (Å²) in [5.41, 5.74) is 0.0542. The second kappa shape index (κ2) is 8.42. The maximum atomic E-state index is 13.4. The number of anilines is 1. The molecule has 1 rings (SSSR count). The lowest BCUT2D eigenvalue weighted by Crippen LogP contribution is -2.44. The molecule has 0 aliphatic heterocycles. The number of benzene rings is 1. The van der Waals surface area contributed by atoms with E-state index in [0.29, 0.717) is 12.2 Å². The predicted octanol–water partition coefficient (Wildman–Crippen LogP) is 2.24. The van der Waals surface area contributed by atoms with E-state index in [9.17, 15) is 14.0 Å². The van der Waals surface area contributed by atoms with Crippen molar-refractivity contribution in [2.45, 2.75) is 12.5 Å². The highest BCUT2D eigenvalue weighted by atomic mass is 32.2. The summed E-state index contributed by atoms with van der Waals surface area (Å²) in [4.78, 5) is 23.3. The van der Waals surface area contributed by atoms with Gasteiger partial charge in [0.05, 0.1) is 12.8 Å². The van der Waals surface area contributed by atoms with Crippen LogP contribution in [0.15, 0.2) is 24.3 Å². The molecule has 5 nitrogen and oxygen atoms in total. The number of esters is 1. The standard InChI is InChI=1S/C13H17FN2O3S/c1-19-12(17)11(7-8-20-2)16-13(18)15-10-6-4-3-5-9(10)14/h3-6,11H,7-8H2,1-2H3,(H2,15,16,18)/t11-/m1/s1. The Kier molecular flexibility index (Phi) is 6.86. The Bertz CT molecular complexity index is 471. The fraction of sp³-hybridized carbons (Fsp3) is 0.385. The van der Waals surface area contributed by atoms with Gasteiger partial charge in [0.25, 0.3) is 0 Å². The Hall–Kier alpha value is -1.76. The molecule has 1 aromatic carbocycles. The number of nitrogens with one attached hydrogen (secondary N) is 2. The van der Waals surface area contributed by atoms with E-state index in [0.717, 1.165) is 0 Å². The average Bonchev–Trinajstić information content (AvgIpc) is 2.45. The molecule has 0 aliphatic rings. The number of urea groups is 1. The molecule has 0 spiro atoms. The number of amides is 2. The first-order valence-corrected chi connectivity index (χ1v) is 7.36. The van der Waals surface area contributed by atoms with E-state index in [1.165, 1.54) is 25.3 Å². The third-order valence-electron chi connectivity index (χ3n) is 2.52. The highest BCUT2D eigenvalue weighted by molar-refractivity contribution is 7.98. The zero-order valence-corrected chi connectivity index (χ0v) is 12.1. The number of carbonyl (C=O) groups is 2. The van der Waals surface area contributed by atoms with E-state index in [1.54, 1.807) is 17.8 Å². The lowest BCUT2D eigenvalue weighted by atomic mass is 10.2. The fourth-order valence-corrected chi connectivity index (χ4v) is 1.98. The van der Waals surface area contributed by atoms with Crippen LogP contribution in [0.3, 0.4) is 0 Å². The van der Waals surface area contributed by atoms with E-state index >= 15 is 0 Å². The Morgan fingerprint density at radius 1 is 1.40 bits per heavy atom. The van der Waals surface area contributed by atoms with Gasteiger partial charge in [-0.3, -0.25) is 0 Å². The Labute approximate surface area is 121 Å². The molecule has 0 aliphatic carbocycles. The van der Waals surface area contributed by atoms with Gasteiger partial charge in [0, 0.05) is 0 Å². The Balaban J connectivity index is 2.61. The quantitative estimate of drug-likeness (QED) is 0.791. The van der Waals surface area contributed by atoms with Crippen molar-refractivity contribution in [1.29, 1.82) is 0 Å². The number of thioether (sulfide) groups is 1. The number of para-hydroxylation sites is 1. The summed E-state index contributed by atoms with van der Waals surface area (Å²) in [6, 6.07) is 4.40. The number of halogens is 1. The minimum Gasteiger partial charge on any atom is -0.467 e. The van der Waals surface area contributed by atoms with E-state index < -0.39 is 23.9 Å². The molecule has 0 saturated carbocycles. The number of methoxy groups -OCH3 is 1. The Morgan fingerprint density at radius 2 is 2.10 bits per heavy atom. The highest BCUT2D eigenvalue weighted by Crippen LogP contribution is 2.12. The lowest BCUT2D eigenvalue weighted by Gasteiger charge is -2.16. The van der Waals surface area contributed by atoms with Crippen molar-refractivity contribution in [2.75, 3.05) is 24.4 Å². The van der Waals surface area contributed by atoms with Crippen molar-refractivity contribution < 1.29 is 18.7 Å². The molecular weight excluding hydrogens is 283 g/mol. The van der Waals surface area contributed by atoms with Gasteiger partial charge in [-0.05, 0) is 30.6 Å².